The van der Waals surface area contributed by atoms with Crippen molar-refractivity contribution >= 4 is 17.6 Å². The zero-order chi connectivity index (χ0) is 18.5. The Balaban J connectivity index is 1.54. The quantitative estimate of drug-likeness (QED) is 0.840. The number of likely N-dealkylation sites (N-methyl/N-ethyl adjacent to an activating group) is 1. The highest BCUT2D eigenvalue weighted by Crippen LogP contribution is 2.27. The van der Waals surface area contributed by atoms with E-state index in [9.17, 15) is 9.59 Å². The number of piperidine rings is 1. The SMILES string of the molecule is CCN(CC(=O)O)C1CCN(CC(=O)N2CCCc3ccccc32)CC1. The van der Waals surface area contributed by atoms with E-state index in [4.69, 9.17) is 5.11 Å². The molecule has 2 heterocycles. The smallest absolute Gasteiger partial charge is 0.317 e. The van der Waals surface area contributed by atoms with E-state index in [0.29, 0.717) is 12.6 Å². The van der Waals surface area contributed by atoms with Gasteiger partial charge in [0, 0.05) is 31.4 Å². The highest BCUT2D eigenvalue weighted by molar-refractivity contribution is 5.95. The average molecular weight is 359 g/mol. The number of rotatable bonds is 6. The Morgan fingerprint density at radius 3 is 2.62 bits per heavy atom. The van der Waals surface area contributed by atoms with Crippen molar-refractivity contribution in [3.63, 3.8) is 0 Å². The second kappa shape index (κ2) is 8.64. The fraction of sp³-hybridized carbons (Fsp3) is 0.600. The van der Waals surface area contributed by atoms with Crippen LogP contribution in [0.1, 0.15) is 31.7 Å². The number of carboxylic acid groups (broad SMARTS) is 1. The maximum Gasteiger partial charge on any atom is 0.317 e. The molecular formula is C20H29N3O3. The largest absolute Gasteiger partial charge is 0.480 e. The number of fused-ring (bicyclic) bond motifs is 1. The van der Waals surface area contributed by atoms with Gasteiger partial charge in [0.1, 0.15) is 0 Å². The van der Waals surface area contributed by atoms with Crippen LogP contribution in [0.4, 0.5) is 5.69 Å². The minimum atomic E-state index is -0.770. The number of aliphatic carboxylic acids is 1. The lowest BCUT2D eigenvalue weighted by atomic mass is 10.0. The molecule has 1 aromatic rings. The van der Waals surface area contributed by atoms with Crippen LogP contribution >= 0.6 is 0 Å². The molecule has 0 unspecified atom stereocenters. The number of amides is 1. The summed E-state index contributed by atoms with van der Waals surface area (Å²) in [7, 11) is 0. The second-order valence-electron chi connectivity index (χ2n) is 7.24. The van der Waals surface area contributed by atoms with Gasteiger partial charge in [0.2, 0.25) is 5.91 Å². The molecule has 6 heteroatoms. The summed E-state index contributed by atoms with van der Waals surface area (Å²) in [5.74, 6) is -0.596. The fourth-order valence-corrected chi connectivity index (χ4v) is 4.18. The number of hydrogen-bond acceptors (Lipinski definition) is 4. The third-order valence-electron chi connectivity index (χ3n) is 5.59. The van der Waals surface area contributed by atoms with Gasteiger partial charge >= 0.3 is 5.97 Å². The van der Waals surface area contributed by atoms with Crippen molar-refractivity contribution in [1.29, 1.82) is 0 Å². The molecule has 0 radical (unpaired) electrons. The number of carbonyl (C=O) groups is 2. The Morgan fingerprint density at radius 2 is 1.92 bits per heavy atom. The summed E-state index contributed by atoms with van der Waals surface area (Å²) in [6, 6.07) is 8.50. The summed E-state index contributed by atoms with van der Waals surface area (Å²) < 4.78 is 0. The molecule has 142 valence electrons. The number of nitrogens with zero attached hydrogens (tertiary/aromatic N) is 3. The van der Waals surface area contributed by atoms with Crippen molar-refractivity contribution in [1.82, 2.24) is 9.80 Å². The van der Waals surface area contributed by atoms with Crippen molar-refractivity contribution < 1.29 is 14.7 Å². The van der Waals surface area contributed by atoms with Gasteiger partial charge in [0.25, 0.3) is 0 Å². The van der Waals surface area contributed by atoms with Crippen molar-refractivity contribution in [2.75, 3.05) is 44.2 Å². The molecule has 1 fully saturated rings. The molecule has 2 aliphatic rings. The van der Waals surface area contributed by atoms with Gasteiger partial charge in [-0.1, -0.05) is 25.1 Å². The van der Waals surface area contributed by atoms with E-state index in [1.165, 1.54) is 5.56 Å². The normalized spacial score (nSPS) is 18.8. The zero-order valence-corrected chi connectivity index (χ0v) is 15.6. The van der Waals surface area contributed by atoms with Crippen molar-refractivity contribution in [2.24, 2.45) is 0 Å². The van der Waals surface area contributed by atoms with Gasteiger partial charge in [-0.15, -0.1) is 0 Å². The summed E-state index contributed by atoms with van der Waals surface area (Å²) in [5.41, 5.74) is 2.33. The lowest BCUT2D eigenvalue weighted by Gasteiger charge is -2.38. The van der Waals surface area contributed by atoms with E-state index < -0.39 is 5.97 Å². The molecule has 0 spiro atoms. The summed E-state index contributed by atoms with van der Waals surface area (Å²) in [4.78, 5) is 30.0. The third kappa shape index (κ3) is 4.43. The number of aryl methyl sites for hydroxylation is 1. The Hall–Kier alpha value is -1.92. The van der Waals surface area contributed by atoms with Crippen LogP contribution in [-0.4, -0.2) is 72.1 Å². The van der Waals surface area contributed by atoms with Gasteiger partial charge in [0.05, 0.1) is 13.1 Å². The Labute approximate surface area is 155 Å². The summed E-state index contributed by atoms with van der Waals surface area (Å²) >= 11 is 0. The molecule has 0 aliphatic carbocycles. The van der Waals surface area contributed by atoms with Crippen molar-refractivity contribution in [2.45, 2.75) is 38.6 Å². The van der Waals surface area contributed by atoms with E-state index in [1.54, 1.807) is 0 Å². The summed E-state index contributed by atoms with van der Waals surface area (Å²) in [5, 5.41) is 9.04. The maximum atomic E-state index is 12.8. The fourth-order valence-electron chi connectivity index (χ4n) is 4.18. The predicted octanol–water partition coefficient (Wildman–Crippen LogP) is 1.84. The van der Waals surface area contributed by atoms with Crippen LogP contribution in [0.25, 0.3) is 0 Å². The van der Waals surface area contributed by atoms with Gasteiger partial charge in [-0.05, 0) is 43.9 Å². The lowest BCUT2D eigenvalue weighted by molar-refractivity contribution is -0.139. The predicted molar refractivity (Wildman–Crippen MR) is 101 cm³/mol. The molecule has 26 heavy (non-hydrogen) atoms. The first-order valence-corrected chi connectivity index (χ1v) is 9.65. The van der Waals surface area contributed by atoms with E-state index in [-0.39, 0.29) is 12.5 Å². The molecule has 0 bridgehead atoms. The number of anilines is 1. The van der Waals surface area contributed by atoms with Crippen LogP contribution in [0, 0.1) is 0 Å². The highest BCUT2D eigenvalue weighted by atomic mass is 16.4. The van der Waals surface area contributed by atoms with E-state index in [1.807, 2.05) is 34.9 Å². The third-order valence-corrected chi connectivity index (χ3v) is 5.59. The minimum Gasteiger partial charge on any atom is -0.480 e. The number of para-hydroxylation sites is 1. The average Bonchev–Trinajstić information content (AvgIpc) is 2.66. The second-order valence-corrected chi connectivity index (χ2v) is 7.24. The van der Waals surface area contributed by atoms with Crippen LogP contribution < -0.4 is 4.90 Å². The number of carbonyl (C=O) groups excluding carboxylic acids is 1. The van der Waals surface area contributed by atoms with E-state index in [0.717, 1.165) is 57.5 Å². The van der Waals surface area contributed by atoms with Crippen LogP contribution in [-0.2, 0) is 16.0 Å². The summed E-state index contributed by atoms with van der Waals surface area (Å²) in [6.45, 7) is 5.81. The van der Waals surface area contributed by atoms with Crippen molar-refractivity contribution in [3.05, 3.63) is 29.8 Å². The summed E-state index contributed by atoms with van der Waals surface area (Å²) in [6.07, 6.45) is 3.91. The molecule has 2 aliphatic heterocycles. The van der Waals surface area contributed by atoms with E-state index >= 15 is 0 Å². The maximum absolute atomic E-state index is 12.8. The first kappa shape index (κ1) is 18.9. The first-order valence-electron chi connectivity index (χ1n) is 9.65. The topological polar surface area (TPSA) is 64.1 Å². The standard InChI is InChI=1S/C20H29N3O3/c1-2-22(15-20(25)26)17-9-12-21(13-10-17)14-19(24)23-11-5-7-16-6-3-4-8-18(16)23/h3-4,6,8,17H,2,5,7,9-15H2,1H3,(H,25,26). The molecule has 6 nitrogen and oxygen atoms in total. The van der Waals surface area contributed by atoms with Crippen LogP contribution in [0.15, 0.2) is 24.3 Å². The highest BCUT2D eigenvalue weighted by Gasteiger charge is 2.28. The Morgan fingerprint density at radius 1 is 1.19 bits per heavy atom. The monoisotopic (exact) mass is 359 g/mol. The minimum absolute atomic E-state index is 0.102. The number of likely N-dealkylation sites (tertiary alicyclic amines) is 1. The number of carboxylic acids is 1. The van der Waals surface area contributed by atoms with Crippen LogP contribution in [0.5, 0.6) is 0 Å². The van der Waals surface area contributed by atoms with Gasteiger partial charge in [0.15, 0.2) is 0 Å². The van der Waals surface area contributed by atoms with Gasteiger partial charge in [-0.2, -0.15) is 0 Å². The number of benzene rings is 1. The van der Waals surface area contributed by atoms with Gasteiger partial charge < -0.3 is 10.0 Å². The molecule has 1 amide bonds. The van der Waals surface area contributed by atoms with Gasteiger partial charge in [-0.25, -0.2) is 0 Å². The first-order chi connectivity index (χ1) is 12.6. The molecule has 0 atom stereocenters. The molecule has 3 rings (SSSR count). The number of hydrogen-bond donors (Lipinski definition) is 1. The van der Waals surface area contributed by atoms with Gasteiger partial charge in [-0.3, -0.25) is 19.4 Å². The lowest BCUT2D eigenvalue weighted by Crippen LogP contribution is -2.49. The molecule has 1 N–H and O–H groups in total. The van der Waals surface area contributed by atoms with Crippen molar-refractivity contribution in [3.8, 4) is 0 Å². The van der Waals surface area contributed by atoms with Crippen LogP contribution in [0.2, 0.25) is 0 Å². The molecule has 0 aromatic heterocycles. The van der Waals surface area contributed by atoms with E-state index in [2.05, 4.69) is 11.0 Å². The molecule has 0 saturated carbocycles. The molecule has 1 aromatic carbocycles. The Kier molecular flexibility index (Phi) is 6.27. The van der Waals surface area contributed by atoms with Crippen LogP contribution in [0.3, 0.4) is 0 Å². The molecule has 1 saturated heterocycles. The zero-order valence-electron chi connectivity index (χ0n) is 15.6. The molecular weight excluding hydrogens is 330 g/mol. The Bertz CT molecular complexity index is 641.